The summed E-state index contributed by atoms with van der Waals surface area (Å²) in [6, 6.07) is 13.8. The Morgan fingerprint density at radius 2 is 1.89 bits per heavy atom. The largest absolute Gasteiger partial charge is 0.351 e. The molecular formula is C15H11ClN2O. The summed E-state index contributed by atoms with van der Waals surface area (Å²) in [5, 5.41) is 3.17. The zero-order chi connectivity index (χ0) is 13.7. The molecule has 0 fully saturated rings. The molecule has 0 aliphatic carbocycles. The van der Waals surface area contributed by atoms with Crippen molar-refractivity contribution in [2.75, 3.05) is 5.32 Å². The Balaban J connectivity index is 2.31. The molecule has 0 spiro atoms. The number of amides is 2. The maximum absolute atomic E-state index is 10.9. The van der Waals surface area contributed by atoms with Crippen LogP contribution in [0.1, 0.15) is 11.1 Å². The SMILES string of the molecule is NC(=O)Nc1ccccc1C#Cc1cccc(Cl)c1. The Kier molecular flexibility index (Phi) is 4.07. The van der Waals surface area contributed by atoms with Gasteiger partial charge in [-0.1, -0.05) is 41.6 Å². The lowest BCUT2D eigenvalue weighted by atomic mass is 10.1. The fraction of sp³-hybridized carbons (Fsp3) is 0. The van der Waals surface area contributed by atoms with E-state index in [0.29, 0.717) is 16.3 Å². The van der Waals surface area contributed by atoms with E-state index < -0.39 is 6.03 Å². The van der Waals surface area contributed by atoms with Gasteiger partial charge in [-0.25, -0.2) is 4.79 Å². The first-order valence-electron chi connectivity index (χ1n) is 5.58. The molecule has 0 aliphatic heterocycles. The van der Waals surface area contributed by atoms with Crippen LogP contribution in [0.3, 0.4) is 0 Å². The van der Waals surface area contributed by atoms with Crippen molar-refractivity contribution in [2.45, 2.75) is 0 Å². The van der Waals surface area contributed by atoms with E-state index in [9.17, 15) is 4.79 Å². The molecule has 0 heterocycles. The van der Waals surface area contributed by atoms with Gasteiger partial charge in [0.1, 0.15) is 0 Å². The number of primary amides is 1. The molecule has 0 unspecified atom stereocenters. The van der Waals surface area contributed by atoms with Crippen molar-refractivity contribution < 1.29 is 4.79 Å². The number of nitrogens with two attached hydrogens (primary N) is 1. The highest BCUT2D eigenvalue weighted by Gasteiger charge is 2.00. The van der Waals surface area contributed by atoms with Crippen molar-refractivity contribution in [1.82, 2.24) is 0 Å². The molecule has 3 nitrogen and oxygen atoms in total. The summed E-state index contributed by atoms with van der Waals surface area (Å²) >= 11 is 5.89. The minimum atomic E-state index is -0.614. The van der Waals surface area contributed by atoms with Crippen molar-refractivity contribution in [3.05, 3.63) is 64.7 Å². The maximum Gasteiger partial charge on any atom is 0.316 e. The molecule has 3 N–H and O–H groups in total. The average Bonchev–Trinajstić information content (AvgIpc) is 2.37. The highest BCUT2D eigenvalue weighted by molar-refractivity contribution is 6.30. The molecule has 2 aromatic rings. The second-order valence-electron chi connectivity index (χ2n) is 3.80. The van der Waals surface area contributed by atoms with Crippen molar-refractivity contribution in [3.8, 4) is 11.8 Å². The second-order valence-corrected chi connectivity index (χ2v) is 4.23. The number of para-hydroxylation sites is 1. The number of carbonyl (C=O) groups is 1. The molecule has 0 saturated carbocycles. The molecule has 19 heavy (non-hydrogen) atoms. The summed E-state index contributed by atoms with van der Waals surface area (Å²) in [4.78, 5) is 10.9. The van der Waals surface area contributed by atoms with Crippen molar-refractivity contribution >= 4 is 23.3 Å². The van der Waals surface area contributed by atoms with Crippen LogP contribution in [0.4, 0.5) is 10.5 Å². The number of anilines is 1. The standard InChI is InChI=1S/C15H11ClN2O/c16-13-6-3-4-11(10-13)8-9-12-5-1-2-7-14(12)18-15(17)19/h1-7,10H,(H3,17,18,19). The predicted molar refractivity (Wildman–Crippen MR) is 77.1 cm³/mol. The van der Waals surface area contributed by atoms with E-state index in [1.54, 1.807) is 24.3 Å². The van der Waals surface area contributed by atoms with Gasteiger partial charge in [-0.2, -0.15) is 0 Å². The minimum Gasteiger partial charge on any atom is -0.351 e. The molecule has 94 valence electrons. The molecule has 2 aromatic carbocycles. The highest BCUT2D eigenvalue weighted by Crippen LogP contribution is 2.14. The van der Waals surface area contributed by atoms with Crippen LogP contribution in [-0.2, 0) is 0 Å². The lowest BCUT2D eigenvalue weighted by Crippen LogP contribution is -2.19. The predicted octanol–water partition coefficient (Wildman–Crippen LogP) is 3.23. The van der Waals surface area contributed by atoms with Crippen LogP contribution in [0, 0.1) is 11.8 Å². The zero-order valence-electron chi connectivity index (χ0n) is 9.98. The smallest absolute Gasteiger partial charge is 0.316 e. The lowest BCUT2D eigenvalue weighted by molar-refractivity contribution is 0.259. The molecule has 0 aliphatic rings. The molecule has 2 rings (SSSR count). The summed E-state index contributed by atoms with van der Waals surface area (Å²) < 4.78 is 0. The van der Waals surface area contributed by atoms with Gasteiger partial charge < -0.3 is 11.1 Å². The number of nitrogens with one attached hydrogen (secondary N) is 1. The van der Waals surface area contributed by atoms with Crippen molar-refractivity contribution in [1.29, 1.82) is 0 Å². The molecule has 0 radical (unpaired) electrons. The number of hydrogen-bond acceptors (Lipinski definition) is 1. The van der Waals surface area contributed by atoms with Gasteiger partial charge in [-0.15, -0.1) is 0 Å². The number of halogens is 1. The third-order valence-corrected chi connectivity index (χ3v) is 2.59. The number of carbonyl (C=O) groups excluding carboxylic acids is 1. The van der Waals surface area contributed by atoms with Crippen LogP contribution in [0.2, 0.25) is 5.02 Å². The summed E-state index contributed by atoms with van der Waals surface area (Å²) in [5.74, 6) is 5.97. The van der Waals surface area contributed by atoms with Crippen LogP contribution in [0.15, 0.2) is 48.5 Å². The van der Waals surface area contributed by atoms with E-state index in [-0.39, 0.29) is 0 Å². The van der Waals surface area contributed by atoms with Gasteiger partial charge in [-0.3, -0.25) is 0 Å². The van der Waals surface area contributed by atoms with Crippen LogP contribution < -0.4 is 11.1 Å². The summed E-state index contributed by atoms with van der Waals surface area (Å²) in [6.07, 6.45) is 0. The van der Waals surface area contributed by atoms with Gasteiger partial charge in [0.15, 0.2) is 0 Å². The van der Waals surface area contributed by atoms with Gasteiger partial charge in [0.25, 0.3) is 0 Å². The van der Waals surface area contributed by atoms with E-state index in [4.69, 9.17) is 17.3 Å². The number of benzene rings is 2. The Labute approximate surface area is 116 Å². The van der Waals surface area contributed by atoms with Gasteiger partial charge in [0, 0.05) is 16.1 Å². The number of urea groups is 1. The van der Waals surface area contributed by atoms with E-state index in [2.05, 4.69) is 17.2 Å². The first-order chi connectivity index (χ1) is 9.15. The third kappa shape index (κ3) is 3.77. The van der Waals surface area contributed by atoms with Crippen LogP contribution in [0.5, 0.6) is 0 Å². The maximum atomic E-state index is 10.9. The molecule has 2 amide bonds. The van der Waals surface area contributed by atoms with Gasteiger partial charge in [0.05, 0.1) is 5.69 Å². The summed E-state index contributed by atoms with van der Waals surface area (Å²) in [7, 11) is 0. The summed E-state index contributed by atoms with van der Waals surface area (Å²) in [6.45, 7) is 0. The Morgan fingerprint density at radius 3 is 2.63 bits per heavy atom. The Morgan fingerprint density at radius 1 is 1.11 bits per heavy atom. The van der Waals surface area contributed by atoms with E-state index >= 15 is 0 Å². The molecular weight excluding hydrogens is 260 g/mol. The first-order valence-corrected chi connectivity index (χ1v) is 5.96. The fourth-order valence-corrected chi connectivity index (χ4v) is 1.73. The van der Waals surface area contributed by atoms with E-state index in [1.165, 1.54) is 0 Å². The highest BCUT2D eigenvalue weighted by atomic mass is 35.5. The van der Waals surface area contributed by atoms with Crippen LogP contribution >= 0.6 is 11.6 Å². The molecule has 4 heteroatoms. The molecule has 0 aromatic heterocycles. The van der Waals surface area contributed by atoms with Crippen LogP contribution in [-0.4, -0.2) is 6.03 Å². The second kappa shape index (κ2) is 5.94. The molecule has 0 bridgehead atoms. The molecule has 0 atom stereocenters. The number of rotatable bonds is 1. The summed E-state index contributed by atoms with van der Waals surface area (Å²) in [5.41, 5.74) is 7.19. The monoisotopic (exact) mass is 270 g/mol. The normalized spacial score (nSPS) is 9.32. The van der Waals surface area contributed by atoms with Crippen molar-refractivity contribution in [3.63, 3.8) is 0 Å². The minimum absolute atomic E-state index is 0.588. The van der Waals surface area contributed by atoms with Gasteiger partial charge in [0.2, 0.25) is 0 Å². The topological polar surface area (TPSA) is 55.1 Å². The zero-order valence-corrected chi connectivity index (χ0v) is 10.7. The lowest BCUT2D eigenvalue weighted by Gasteiger charge is -2.03. The van der Waals surface area contributed by atoms with E-state index in [1.807, 2.05) is 24.3 Å². The van der Waals surface area contributed by atoms with Gasteiger partial charge >= 0.3 is 6.03 Å². The number of hydrogen-bond donors (Lipinski definition) is 2. The van der Waals surface area contributed by atoms with Crippen LogP contribution in [0.25, 0.3) is 0 Å². The quantitative estimate of drug-likeness (QED) is 0.768. The fourth-order valence-electron chi connectivity index (χ4n) is 1.54. The van der Waals surface area contributed by atoms with E-state index in [0.717, 1.165) is 5.56 Å². The third-order valence-electron chi connectivity index (χ3n) is 2.35. The average molecular weight is 271 g/mol. The first kappa shape index (κ1) is 13.0. The van der Waals surface area contributed by atoms with Gasteiger partial charge in [-0.05, 0) is 30.3 Å². The molecule has 0 saturated heterocycles. The van der Waals surface area contributed by atoms with Crippen molar-refractivity contribution in [2.24, 2.45) is 5.73 Å². The Hall–Kier alpha value is -2.44. The Bertz CT molecular complexity index is 671.